The Balaban J connectivity index is 2.29. The number of nitrogens with zero attached hydrogens (tertiary/aromatic N) is 4. The first-order valence-corrected chi connectivity index (χ1v) is 8.96. The minimum atomic E-state index is -3.19. The highest BCUT2D eigenvalue weighted by molar-refractivity contribution is 7.89. The molecule has 1 aliphatic rings. The lowest BCUT2D eigenvalue weighted by atomic mass is 10.2. The molecule has 7 nitrogen and oxygen atoms in total. The van der Waals surface area contributed by atoms with Gasteiger partial charge in [0.1, 0.15) is 18.8 Å². The van der Waals surface area contributed by atoms with Crippen molar-refractivity contribution < 1.29 is 17.4 Å². The predicted molar refractivity (Wildman–Crippen MR) is 79.8 cm³/mol. The molecule has 0 N–H and O–H groups in total. The van der Waals surface area contributed by atoms with E-state index in [2.05, 4.69) is 29.1 Å². The second-order valence-electron chi connectivity index (χ2n) is 5.70. The number of hydrogen-bond acceptors (Lipinski definition) is 6. The van der Waals surface area contributed by atoms with E-state index in [0.717, 1.165) is 25.0 Å². The van der Waals surface area contributed by atoms with Crippen LogP contribution in [-0.4, -0.2) is 48.8 Å². The van der Waals surface area contributed by atoms with Gasteiger partial charge >= 0.3 is 5.89 Å². The van der Waals surface area contributed by atoms with Crippen molar-refractivity contribution >= 4 is 21.7 Å². The average molecular weight is 313 g/mol. The van der Waals surface area contributed by atoms with Gasteiger partial charge in [0.2, 0.25) is 11.6 Å². The van der Waals surface area contributed by atoms with E-state index in [-0.39, 0.29) is 11.6 Å². The summed E-state index contributed by atoms with van der Waals surface area (Å²) in [6, 6.07) is 0. The quantitative estimate of drug-likeness (QED) is 0.742. The molecule has 0 aromatic carbocycles. The molecule has 8 heteroatoms. The molecular weight excluding hydrogens is 292 g/mol. The molecule has 1 aliphatic heterocycles. The fourth-order valence-corrected chi connectivity index (χ4v) is 3.02. The molecule has 2 heterocycles. The number of aromatic nitrogens is 2. The Morgan fingerprint density at radius 2 is 2.05 bits per heavy atom. The third kappa shape index (κ3) is 3.56. The Bertz CT molecular complexity index is 675. The van der Waals surface area contributed by atoms with Crippen LogP contribution >= 0.6 is 0 Å². The SMILES string of the molecule is CC[N+]1(CC(C)C)N=CC=C1c1nnc(CS(C)(=O)=O)o1. The molecule has 116 valence electrons. The highest BCUT2D eigenvalue weighted by Gasteiger charge is 2.39. The Labute approximate surface area is 124 Å². The third-order valence-electron chi connectivity index (χ3n) is 3.23. The molecule has 0 bridgehead atoms. The van der Waals surface area contributed by atoms with E-state index in [0.29, 0.717) is 16.4 Å². The molecule has 1 aromatic rings. The van der Waals surface area contributed by atoms with Gasteiger partial charge in [0.25, 0.3) is 0 Å². The molecule has 1 unspecified atom stereocenters. The van der Waals surface area contributed by atoms with E-state index in [4.69, 9.17) is 4.42 Å². The predicted octanol–water partition coefficient (Wildman–Crippen LogP) is 1.45. The second-order valence-corrected chi connectivity index (χ2v) is 7.84. The van der Waals surface area contributed by atoms with E-state index < -0.39 is 9.84 Å². The van der Waals surface area contributed by atoms with Crippen molar-refractivity contribution in [3.63, 3.8) is 0 Å². The van der Waals surface area contributed by atoms with Crippen LogP contribution in [0.15, 0.2) is 15.6 Å². The van der Waals surface area contributed by atoms with E-state index in [1.165, 1.54) is 0 Å². The lowest BCUT2D eigenvalue weighted by molar-refractivity contribution is -0.866. The Hall–Kier alpha value is -1.54. The van der Waals surface area contributed by atoms with Crippen LogP contribution in [0.4, 0.5) is 0 Å². The molecule has 0 radical (unpaired) electrons. The Kier molecular flexibility index (Phi) is 4.29. The van der Waals surface area contributed by atoms with E-state index in [1.807, 2.05) is 13.0 Å². The molecule has 21 heavy (non-hydrogen) atoms. The monoisotopic (exact) mass is 313 g/mol. The van der Waals surface area contributed by atoms with Gasteiger partial charge < -0.3 is 4.42 Å². The maximum atomic E-state index is 11.3. The highest BCUT2D eigenvalue weighted by atomic mass is 32.2. The molecular formula is C13H21N4O3S+. The molecule has 2 rings (SSSR count). The first kappa shape index (κ1) is 15.8. The summed E-state index contributed by atoms with van der Waals surface area (Å²) in [7, 11) is -3.19. The zero-order valence-electron chi connectivity index (χ0n) is 12.8. The average Bonchev–Trinajstić information content (AvgIpc) is 2.93. The summed E-state index contributed by atoms with van der Waals surface area (Å²) in [4.78, 5) is 0. The van der Waals surface area contributed by atoms with Crippen molar-refractivity contribution in [2.75, 3.05) is 19.3 Å². The van der Waals surface area contributed by atoms with Gasteiger partial charge in [0.05, 0.1) is 6.21 Å². The minimum Gasteiger partial charge on any atom is -0.415 e. The first-order chi connectivity index (χ1) is 9.76. The van der Waals surface area contributed by atoms with Crippen molar-refractivity contribution in [3.8, 4) is 0 Å². The minimum absolute atomic E-state index is 0.110. The number of quaternary nitrogens is 1. The molecule has 0 fully saturated rings. The van der Waals surface area contributed by atoms with Crippen molar-refractivity contribution in [1.29, 1.82) is 0 Å². The molecule has 1 atom stereocenters. The highest BCUT2D eigenvalue weighted by Crippen LogP contribution is 2.32. The van der Waals surface area contributed by atoms with Crippen LogP contribution in [0.1, 0.15) is 32.6 Å². The maximum Gasteiger partial charge on any atom is 0.305 e. The number of allylic oxidation sites excluding steroid dienone is 1. The van der Waals surface area contributed by atoms with Gasteiger partial charge in [-0.25, -0.2) is 8.42 Å². The van der Waals surface area contributed by atoms with Gasteiger partial charge in [-0.3, -0.25) is 0 Å². The molecule has 1 aromatic heterocycles. The third-order valence-corrected chi connectivity index (χ3v) is 4.00. The van der Waals surface area contributed by atoms with Gasteiger partial charge in [0, 0.05) is 18.2 Å². The largest absolute Gasteiger partial charge is 0.415 e. The summed E-state index contributed by atoms with van der Waals surface area (Å²) >= 11 is 0. The molecule has 0 saturated carbocycles. The summed E-state index contributed by atoms with van der Waals surface area (Å²) in [5.74, 6) is 0.652. The Morgan fingerprint density at radius 3 is 2.62 bits per heavy atom. The summed E-state index contributed by atoms with van der Waals surface area (Å²) in [6.45, 7) is 7.90. The first-order valence-electron chi connectivity index (χ1n) is 6.90. The van der Waals surface area contributed by atoms with Crippen molar-refractivity contribution in [1.82, 2.24) is 10.2 Å². The molecule has 0 spiro atoms. The van der Waals surface area contributed by atoms with E-state index in [9.17, 15) is 8.42 Å². The lowest BCUT2D eigenvalue weighted by Gasteiger charge is -2.29. The van der Waals surface area contributed by atoms with Crippen LogP contribution in [0.2, 0.25) is 0 Å². The second kappa shape index (κ2) is 5.69. The molecule has 0 aliphatic carbocycles. The Morgan fingerprint density at radius 1 is 1.33 bits per heavy atom. The van der Waals surface area contributed by atoms with Crippen LogP contribution in [0.3, 0.4) is 0 Å². The standard InChI is InChI=1S/C13H21N4O3S/c1-5-17(8-10(2)3)11(6-7-14-17)13-16-15-12(20-13)9-21(4,18)19/h6-7,10H,5,8-9H2,1-4H3/q+1. The van der Waals surface area contributed by atoms with Crippen molar-refractivity contribution in [2.24, 2.45) is 11.0 Å². The van der Waals surface area contributed by atoms with Gasteiger partial charge in [-0.2, -0.15) is 4.59 Å². The molecule has 0 saturated heterocycles. The van der Waals surface area contributed by atoms with Crippen molar-refractivity contribution in [3.05, 3.63) is 17.9 Å². The van der Waals surface area contributed by atoms with Crippen molar-refractivity contribution in [2.45, 2.75) is 26.5 Å². The van der Waals surface area contributed by atoms with Crippen LogP contribution < -0.4 is 0 Å². The van der Waals surface area contributed by atoms with E-state index in [1.54, 1.807) is 6.21 Å². The van der Waals surface area contributed by atoms with Crippen LogP contribution in [0.25, 0.3) is 5.70 Å². The maximum absolute atomic E-state index is 11.3. The summed E-state index contributed by atoms with van der Waals surface area (Å²) in [5, 5.41) is 12.4. The van der Waals surface area contributed by atoms with Gasteiger partial charge in [-0.15, -0.1) is 10.2 Å². The van der Waals surface area contributed by atoms with Gasteiger partial charge in [0.15, 0.2) is 9.84 Å². The van der Waals surface area contributed by atoms with Crippen LogP contribution in [-0.2, 0) is 15.6 Å². The van der Waals surface area contributed by atoms with Gasteiger partial charge in [-0.05, 0) is 6.92 Å². The number of rotatable bonds is 6. The zero-order valence-corrected chi connectivity index (χ0v) is 13.6. The fraction of sp³-hybridized carbons (Fsp3) is 0.615. The molecule has 0 amide bonds. The van der Waals surface area contributed by atoms with Gasteiger partial charge in [-0.1, -0.05) is 18.9 Å². The lowest BCUT2D eigenvalue weighted by Crippen LogP contribution is -2.42. The number of sulfone groups is 1. The fourth-order valence-electron chi connectivity index (χ4n) is 2.45. The van der Waals surface area contributed by atoms with Crippen LogP contribution in [0.5, 0.6) is 0 Å². The number of hydrogen-bond donors (Lipinski definition) is 0. The van der Waals surface area contributed by atoms with E-state index >= 15 is 0 Å². The summed E-state index contributed by atoms with van der Waals surface area (Å²) < 4.78 is 28.5. The smallest absolute Gasteiger partial charge is 0.305 e. The topological polar surface area (TPSA) is 85.4 Å². The van der Waals surface area contributed by atoms with Crippen LogP contribution in [0, 0.1) is 5.92 Å². The summed E-state index contributed by atoms with van der Waals surface area (Å²) in [6.07, 6.45) is 4.73. The normalized spacial score (nSPS) is 22.0. The zero-order chi connectivity index (χ0) is 15.7. The summed E-state index contributed by atoms with van der Waals surface area (Å²) in [5.41, 5.74) is 0.818.